The number of aromatic hydroxyl groups is 1. The number of halogens is 1. The molecule has 172 valence electrons. The molecule has 1 atom stereocenters. The van der Waals surface area contributed by atoms with Crippen LogP contribution in [0.15, 0.2) is 72.3 Å². The number of methoxy groups -OCH3 is 1. The van der Waals surface area contributed by atoms with Crippen LogP contribution in [0.5, 0.6) is 11.5 Å². The van der Waals surface area contributed by atoms with E-state index in [1.807, 2.05) is 0 Å². The van der Waals surface area contributed by atoms with Gasteiger partial charge in [-0.25, -0.2) is 4.39 Å². The highest BCUT2D eigenvalue weighted by Gasteiger charge is 2.47. The zero-order chi connectivity index (χ0) is 24.6. The van der Waals surface area contributed by atoms with E-state index in [4.69, 9.17) is 4.74 Å². The van der Waals surface area contributed by atoms with Gasteiger partial charge in [0, 0.05) is 11.8 Å². The third kappa shape index (κ3) is 3.71. The van der Waals surface area contributed by atoms with Crippen LogP contribution in [0.25, 0.3) is 5.76 Å². The van der Waals surface area contributed by atoms with Crippen LogP contribution >= 0.6 is 0 Å². The molecule has 1 heterocycles. The first-order chi connectivity index (χ1) is 16.2. The summed E-state index contributed by atoms with van der Waals surface area (Å²) >= 11 is 0. The van der Waals surface area contributed by atoms with Gasteiger partial charge < -0.3 is 14.9 Å². The minimum atomic E-state index is -1.31. The van der Waals surface area contributed by atoms with Crippen molar-refractivity contribution in [1.29, 1.82) is 0 Å². The van der Waals surface area contributed by atoms with Crippen LogP contribution in [0.1, 0.15) is 17.2 Å². The van der Waals surface area contributed by atoms with Crippen molar-refractivity contribution in [3.63, 3.8) is 0 Å². The largest absolute Gasteiger partial charge is 0.507 e. The number of amides is 1. The van der Waals surface area contributed by atoms with E-state index in [9.17, 15) is 34.3 Å². The first-order valence-corrected chi connectivity index (χ1v) is 9.92. The number of aliphatic hydroxyl groups excluding tert-OH is 1. The Hall–Kier alpha value is -4.73. The predicted octanol–water partition coefficient (Wildman–Crippen LogP) is 4.07. The van der Waals surface area contributed by atoms with Gasteiger partial charge in [0.05, 0.1) is 29.2 Å². The number of para-hydroxylation sites is 1. The van der Waals surface area contributed by atoms with E-state index in [1.165, 1.54) is 31.4 Å². The number of ketones is 1. The lowest BCUT2D eigenvalue weighted by Gasteiger charge is -2.25. The molecule has 9 nitrogen and oxygen atoms in total. The molecule has 4 rings (SSSR count). The number of benzene rings is 3. The third-order valence-electron chi connectivity index (χ3n) is 5.42. The number of nitrogens with zero attached hydrogens (tertiary/aromatic N) is 2. The molecule has 1 saturated heterocycles. The lowest BCUT2D eigenvalue weighted by molar-refractivity contribution is -0.385. The summed E-state index contributed by atoms with van der Waals surface area (Å²) in [5.74, 6) is -3.59. The van der Waals surface area contributed by atoms with E-state index >= 15 is 0 Å². The minimum absolute atomic E-state index is 0.0736. The number of Topliss-reactive ketones (excluding diaryl/α,β-unsaturated/α-hetero) is 1. The highest BCUT2D eigenvalue weighted by molar-refractivity contribution is 6.51. The fourth-order valence-electron chi connectivity index (χ4n) is 3.86. The number of anilines is 1. The van der Waals surface area contributed by atoms with E-state index in [-0.39, 0.29) is 28.1 Å². The molecule has 3 aromatic carbocycles. The number of nitro groups is 1. The molecule has 1 fully saturated rings. The lowest BCUT2D eigenvalue weighted by atomic mass is 9.94. The van der Waals surface area contributed by atoms with Crippen LogP contribution < -0.4 is 9.64 Å². The SMILES string of the molecule is COc1ccccc1/C(O)=C1/C(=O)C(=O)N(c2ccc(F)cc2)C1c1ccc(O)c([N+](=O)[O-])c1. The van der Waals surface area contributed by atoms with Gasteiger partial charge in [0.15, 0.2) is 5.75 Å². The molecule has 10 heteroatoms. The number of rotatable bonds is 5. The normalized spacial score (nSPS) is 17.1. The van der Waals surface area contributed by atoms with Crippen LogP contribution in [0.3, 0.4) is 0 Å². The summed E-state index contributed by atoms with van der Waals surface area (Å²) in [6.45, 7) is 0. The maximum Gasteiger partial charge on any atom is 0.311 e. The second-order valence-electron chi connectivity index (χ2n) is 7.35. The summed E-state index contributed by atoms with van der Waals surface area (Å²) in [5, 5.41) is 32.4. The molecule has 0 radical (unpaired) electrons. The van der Waals surface area contributed by atoms with Gasteiger partial charge in [0.2, 0.25) is 0 Å². The number of aliphatic hydroxyl groups is 1. The van der Waals surface area contributed by atoms with Crippen molar-refractivity contribution in [2.24, 2.45) is 0 Å². The van der Waals surface area contributed by atoms with Gasteiger partial charge in [-0.15, -0.1) is 0 Å². The van der Waals surface area contributed by atoms with Gasteiger partial charge in [-0.1, -0.05) is 18.2 Å². The maximum absolute atomic E-state index is 13.5. The Kier molecular flexibility index (Phi) is 5.72. The number of hydrogen-bond acceptors (Lipinski definition) is 7. The highest BCUT2D eigenvalue weighted by atomic mass is 19.1. The van der Waals surface area contributed by atoms with Crippen molar-refractivity contribution in [3.8, 4) is 11.5 Å². The molecule has 0 bridgehead atoms. The summed E-state index contributed by atoms with van der Waals surface area (Å²) < 4.78 is 18.8. The summed E-state index contributed by atoms with van der Waals surface area (Å²) in [4.78, 5) is 37.8. The standard InChI is InChI=1S/C24H17FN2O7/c1-34-19-5-3-2-4-16(19)22(29)20-21(13-6-11-18(28)17(12-13)27(32)33)26(24(31)23(20)30)15-9-7-14(25)8-10-15/h2-12,21,28-29H,1H3/b22-20-. The monoisotopic (exact) mass is 464 g/mol. The zero-order valence-corrected chi connectivity index (χ0v) is 17.6. The van der Waals surface area contributed by atoms with Crippen LogP contribution in [0.2, 0.25) is 0 Å². The smallest absolute Gasteiger partial charge is 0.311 e. The number of ether oxygens (including phenoxy) is 1. The van der Waals surface area contributed by atoms with Crippen molar-refractivity contribution in [2.75, 3.05) is 12.0 Å². The van der Waals surface area contributed by atoms with Gasteiger partial charge in [-0.05, 0) is 48.0 Å². The molecule has 0 saturated carbocycles. The topological polar surface area (TPSA) is 130 Å². The summed E-state index contributed by atoms with van der Waals surface area (Å²) in [6, 6.07) is 13.0. The zero-order valence-electron chi connectivity index (χ0n) is 17.6. The first-order valence-electron chi connectivity index (χ1n) is 9.92. The first kappa shape index (κ1) is 22.5. The summed E-state index contributed by atoms with van der Waals surface area (Å²) in [7, 11) is 1.37. The van der Waals surface area contributed by atoms with Gasteiger partial charge in [-0.3, -0.25) is 24.6 Å². The molecule has 0 spiro atoms. The predicted molar refractivity (Wildman–Crippen MR) is 119 cm³/mol. The number of nitro benzene ring substituents is 1. The molecule has 1 amide bonds. The molecule has 0 aromatic heterocycles. The molecular weight excluding hydrogens is 447 g/mol. The second-order valence-corrected chi connectivity index (χ2v) is 7.35. The van der Waals surface area contributed by atoms with Crippen molar-refractivity contribution in [1.82, 2.24) is 0 Å². The number of carbonyl (C=O) groups excluding carboxylic acids is 2. The molecule has 0 aliphatic carbocycles. The number of carbonyl (C=O) groups is 2. The summed E-state index contributed by atoms with van der Waals surface area (Å²) in [6.07, 6.45) is 0. The minimum Gasteiger partial charge on any atom is -0.507 e. The lowest BCUT2D eigenvalue weighted by Crippen LogP contribution is -2.29. The van der Waals surface area contributed by atoms with E-state index in [0.29, 0.717) is 0 Å². The van der Waals surface area contributed by atoms with E-state index in [1.54, 1.807) is 18.2 Å². The Morgan fingerprint density at radius 1 is 1.09 bits per heavy atom. The Morgan fingerprint density at radius 3 is 2.41 bits per heavy atom. The Balaban J connectivity index is 2.01. The third-order valence-corrected chi connectivity index (χ3v) is 5.42. The van der Waals surface area contributed by atoms with Crippen molar-refractivity contribution >= 4 is 28.8 Å². The van der Waals surface area contributed by atoms with Crippen LogP contribution in [0, 0.1) is 15.9 Å². The number of phenols is 1. The Morgan fingerprint density at radius 2 is 1.76 bits per heavy atom. The maximum atomic E-state index is 13.5. The van der Waals surface area contributed by atoms with E-state index < -0.39 is 45.7 Å². The van der Waals surface area contributed by atoms with Crippen LogP contribution in [-0.4, -0.2) is 33.9 Å². The summed E-state index contributed by atoms with van der Waals surface area (Å²) in [5.41, 5.74) is -0.675. The van der Waals surface area contributed by atoms with Gasteiger partial charge in [-0.2, -0.15) is 0 Å². The van der Waals surface area contributed by atoms with Crippen molar-refractivity contribution < 1.29 is 33.9 Å². The number of phenolic OH excluding ortho intramolecular Hbond substituents is 1. The van der Waals surface area contributed by atoms with Gasteiger partial charge in [0.25, 0.3) is 11.7 Å². The van der Waals surface area contributed by atoms with Crippen molar-refractivity contribution in [2.45, 2.75) is 6.04 Å². The fraction of sp³-hybridized carbons (Fsp3) is 0.0833. The Labute approximate surface area is 192 Å². The highest BCUT2D eigenvalue weighted by Crippen LogP contribution is 2.44. The van der Waals surface area contributed by atoms with Gasteiger partial charge in [0.1, 0.15) is 17.3 Å². The molecule has 34 heavy (non-hydrogen) atoms. The Bertz CT molecular complexity index is 1350. The molecule has 1 unspecified atom stereocenters. The van der Waals surface area contributed by atoms with Crippen molar-refractivity contribution in [3.05, 3.63) is 99.4 Å². The van der Waals surface area contributed by atoms with Gasteiger partial charge >= 0.3 is 5.69 Å². The molecule has 3 aromatic rings. The molecular formula is C24H17FN2O7. The van der Waals surface area contributed by atoms with Crippen LogP contribution in [0.4, 0.5) is 15.8 Å². The molecule has 2 N–H and O–H groups in total. The fourth-order valence-corrected chi connectivity index (χ4v) is 3.86. The second kappa shape index (κ2) is 8.66. The average Bonchev–Trinajstić information content (AvgIpc) is 3.09. The quantitative estimate of drug-likeness (QED) is 0.191. The van der Waals surface area contributed by atoms with Crippen LogP contribution in [-0.2, 0) is 9.59 Å². The van der Waals surface area contributed by atoms with E-state index in [2.05, 4.69) is 0 Å². The van der Waals surface area contributed by atoms with E-state index in [0.717, 1.165) is 29.2 Å². The molecule has 1 aliphatic heterocycles. The molecule has 1 aliphatic rings. The number of hydrogen-bond donors (Lipinski definition) is 2. The average molecular weight is 464 g/mol.